The molecule has 2 rings (SSSR count). The third-order valence-electron chi connectivity index (χ3n) is 3.99. The first-order valence-corrected chi connectivity index (χ1v) is 7.25. The molecule has 1 aromatic rings. The highest BCUT2D eigenvalue weighted by Crippen LogP contribution is 2.27. The maximum absolute atomic E-state index is 12.6. The van der Waals surface area contributed by atoms with Crippen molar-refractivity contribution in [2.45, 2.75) is 45.6 Å². The Hall–Kier alpha value is -1.35. The number of hydrogen-bond acceptors (Lipinski definition) is 2. The summed E-state index contributed by atoms with van der Waals surface area (Å²) in [6.45, 7) is 4.80. The lowest BCUT2D eigenvalue weighted by atomic mass is 9.85. The van der Waals surface area contributed by atoms with Gasteiger partial charge in [0.1, 0.15) is 0 Å². The second-order valence-corrected chi connectivity index (χ2v) is 5.54. The van der Waals surface area contributed by atoms with Crippen LogP contribution in [0.5, 0.6) is 0 Å². The summed E-state index contributed by atoms with van der Waals surface area (Å²) in [5, 5.41) is 0. The molecule has 1 aliphatic carbocycles. The number of rotatable bonds is 3. The lowest BCUT2D eigenvalue weighted by molar-refractivity contribution is -0.123. The van der Waals surface area contributed by atoms with Gasteiger partial charge in [0.15, 0.2) is 0 Å². The summed E-state index contributed by atoms with van der Waals surface area (Å²) < 4.78 is 0. The van der Waals surface area contributed by atoms with Gasteiger partial charge in [-0.3, -0.25) is 4.79 Å². The quantitative estimate of drug-likeness (QED) is 0.908. The largest absolute Gasteiger partial charge is 0.328 e. The van der Waals surface area contributed by atoms with Crippen molar-refractivity contribution in [2.75, 3.05) is 11.4 Å². The van der Waals surface area contributed by atoms with Gasteiger partial charge in [0.25, 0.3) is 0 Å². The van der Waals surface area contributed by atoms with Gasteiger partial charge in [0.05, 0.1) is 0 Å². The molecule has 3 heteroatoms. The van der Waals surface area contributed by atoms with Crippen LogP contribution in [-0.2, 0) is 4.79 Å². The van der Waals surface area contributed by atoms with Crippen molar-refractivity contribution in [3.05, 3.63) is 29.8 Å². The molecule has 2 unspecified atom stereocenters. The molecule has 0 aliphatic heterocycles. The summed E-state index contributed by atoms with van der Waals surface area (Å²) >= 11 is 0. The molecule has 3 nitrogen and oxygen atoms in total. The Balaban J connectivity index is 2.12. The van der Waals surface area contributed by atoms with Crippen molar-refractivity contribution in [3.8, 4) is 0 Å². The molecule has 19 heavy (non-hydrogen) atoms. The summed E-state index contributed by atoms with van der Waals surface area (Å²) in [6, 6.07) is 8.36. The predicted octanol–water partition coefficient (Wildman–Crippen LogP) is 2.87. The highest BCUT2D eigenvalue weighted by Gasteiger charge is 2.28. The van der Waals surface area contributed by atoms with E-state index in [9.17, 15) is 4.79 Å². The fourth-order valence-electron chi connectivity index (χ4n) is 2.86. The molecule has 1 saturated carbocycles. The minimum absolute atomic E-state index is 0.102. The molecule has 2 N–H and O–H groups in total. The summed E-state index contributed by atoms with van der Waals surface area (Å²) in [5.41, 5.74) is 8.20. The number of aryl methyl sites for hydroxylation is 1. The summed E-state index contributed by atoms with van der Waals surface area (Å²) in [5.74, 6) is 0.339. The van der Waals surface area contributed by atoms with Crippen molar-refractivity contribution >= 4 is 11.6 Å². The zero-order chi connectivity index (χ0) is 13.8. The Kier molecular flexibility index (Phi) is 4.59. The monoisotopic (exact) mass is 260 g/mol. The predicted molar refractivity (Wildman–Crippen MR) is 79.1 cm³/mol. The second kappa shape index (κ2) is 6.20. The third-order valence-corrected chi connectivity index (χ3v) is 3.99. The van der Waals surface area contributed by atoms with E-state index in [1.165, 1.54) is 5.56 Å². The van der Waals surface area contributed by atoms with E-state index in [4.69, 9.17) is 5.73 Å². The van der Waals surface area contributed by atoms with Crippen molar-refractivity contribution in [1.29, 1.82) is 0 Å². The van der Waals surface area contributed by atoms with Gasteiger partial charge in [-0.2, -0.15) is 0 Å². The second-order valence-electron chi connectivity index (χ2n) is 5.54. The number of carbonyl (C=O) groups is 1. The first-order valence-electron chi connectivity index (χ1n) is 7.25. The molecule has 104 valence electrons. The van der Waals surface area contributed by atoms with Crippen LogP contribution >= 0.6 is 0 Å². The number of carbonyl (C=O) groups excluding carboxylic acids is 1. The summed E-state index contributed by atoms with van der Waals surface area (Å²) in [4.78, 5) is 14.5. The van der Waals surface area contributed by atoms with Gasteiger partial charge in [0, 0.05) is 24.2 Å². The zero-order valence-corrected chi connectivity index (χ0v) is 11.9. The van der Waals surface area contributed by atoms with Crippen molar-refractivity contribution in [2.24, 2.45) is 11.7 Å². The van der Waals surface area contributed by atoms with E-state index in [0.717, 1.165) is 31.4 Å². The van der Waals surface area contributed by atoms with Crippen LogP contribution in [0.15, 0.2) is 24.3 Å². The van der Waals surface area contributed by atoms with Gasteiger partial charge in [0.2, 0.25) is 5.91 Å². The molecule has 1 aromatic carbocycles. The number of benzene rings is 1. The van der Waals surface area contributed by atoms with E-state index >= 15 is 0 Å². The van der Waals surface area contributed by atoms with Crippen LogP contribution in [0.25, 0.3) is 0 Å². The maximum Gasteiger partial charge on any atom is 0.230 e. The molecular weight excluding hydrogens is 236 g/mol. The molecule has 0 saturated heterocycles. The van der Waals surface area contributed by atoms with Crippen LogP contribution in [0, 0.1) is 12.8 Å². The maximum atomic E-state index is 12.6. The fraction of sp³-hybridized carbons (Fsp3) is 0.562. The lowest BCUT2D eigenvalue weighted by Crippen LogP contribution is -2.40. The number of hydrogen-bond donors (Lipinski definition) is 1. The fourth-order valence-corrected chi connectivity index (χ4v) is 2.86. The summed E-state index contributed by atoms with van der Waals surface area (Å²) in [6.07, 6.45) is 3.94. The third kappa shape index (κ3) is 3.35. The highest BCUT2D eigenvalue weighted by atomic mass is 16.2. The Morgan fingerprint density at radius 3 is 2.58 bits per heavy atom. The molecule has 2 atom stereocenters. The van der Waals surface area contributed by atoms with E-state index in [0.29, 0.717) is 6.54 Å². The Labute approximate surface area is 115 Å². The molecule has 0 heterocycles. The van der Waals surface area contributed by atoms with E-state index in [2.05, 4.69) is 19.1 Å². The van der Waals surface area contributed by atoms with Crippen molar-refractivity contribution in [1.82, 2.24) is 0 Å². The van der Waals surface area contributed by atoms with Crippen LogP contribution in [0.1, 0.15) is 38.2 Å². The molecule has 0 aromatic heterocycles. The Morgan fingerprint density at radius 1 is 1.32 bits per heavy atom. The van der Waals surface area contributed by atoms with Gasteiger partial charge in [-0.05, 0) is 45.2 Å². The van der Waals surface area contributed by atoms with Gasteiger partial charge in [-0.25, -0.2) is 0 Å². The minimum atomic E-state index is 0.102. The Bertz CT molecular complexity index is 427. The average Bonchev–Trinajstić information content (AvgIpc) is 2.41. The van der Waals surface area contributed by atoms with Crippen LogP contribution in [0.2, 0.25) is 0 Å². The van der Waals surface area contributed by atoms with Crippen LogP contribution in [0.4, 0.5) is 5.69 Å². The molecule has 0 spiro atoms. The van der Waals surface area contributed by atoms with E-state index < -0.39 is 0 Å². The van der Waals surface area contributed by atoms with Gasteiger partial charge in [-0.1, -0.05) is 24.1 Å². The van der Waals surface area contributed by atoms with Gasteiger partial charge < -0.3 is 10.6 Å². The standard InChI is InChI=1S/C16H24N2O/c1-3-18(15-9-7-12(2)8-10-15)16(19)13-5-4-6-14(17)11-13/h7-10,13-14H,3-6,11,17H2,1-2H3. The smallest absolute Gasteiger partial charge is 0.230 e. The molecule has 1 fully saturated rings. The molecule has 1 amide bonds. The molecule has 0 bridgehead atoms. The number of nitrogens with two attached hydrogens (primary N) is 1. The SMILES string of the molecule is CCN(C(=O)C1CCCC(N)C1)c1ccc(C)cc1. The molecule has 0 radical (unpaired) electrons. The van der Waals surface area contributed by atoms with E-state index in [-0.39, 0.29) is 17.9 Å². The number of nitrogens with zero attached hydrogens (tertiary/aromatic N) is 1. The normalized spacial score (nSPS) is 23.1. The number of anilines is 1. The van der Waals surface area contributed by atoms with Gasteiger partial charge in [-0.15, -0.1) is 0 Å². The van der Waals surface area contributed by atoms with Crippen LogP contribution < -0.4 is 10.6 Å². The lowest BCUT2D eigenvalue weighted by Gasteiger charge is -2.31. The van der Waals surface area contributed by atoms with Crippen LogP contribution in [0.3, 0.4) is 0 Å². The molecular formula is C16H24N2O. The number of amides is 1. The Morgan fingerprint density at radius 2 is 2.00 bits per heavy atom. The van der Waals surface area contributed by atoms with Crippen LogP contribution in [-0.4, -0.2) is 18.5 Å². The highest BCUT2D eigenvalue weighted by molar-refractivity contribution is 5.95. The first-order chi connectivity index (χ1) is 9.11. The molecule has 1 aliphatic rings. The summed E-state index contributed by atoms with van der Waals surface area (Å²) in [7, 11) is 0. The van der Waals surface area contributed by atoms with Gasteiger partial charge >= 0.3 is 0 Å². The first kappa shape index (κ1) is 14.1. The minimum Gasteiger partial charge on any atom is -0.328 e. The zero-order valence-electron chi connectivity index (χ0n) is 11.9. The average molecular weight is 260 g/mol. The van der Waals surface area contributed by atoms with E-state index in [1.807, 2.05) is 24.0 Å². The van der Waals surface area contributed by atoms with Crippen molar-refractivity contribution < 1.29 is 4.79 Å². The van der Waals surface area contributed by atoms with Crippen molar-refractivity contribution in [3.63, 3.8) is 0 Å². The van der Waals surface area contributed by atoms with E-state index in [1.54, 1.807) is 0 Å². The topological polar surface area (TPSA) is 46.3 Å².